The number of rotatable bonds is 13. The molecule has 0 heterocycles. The minimum Gasteiger partial charge on any atom is -0.481 e. The van der Waals surface area contributed by atoms with Crippen LogP contribution >= 0.6 is 0 Å². The van der Waals surface area contributed by atoms with E-state index in [0.717, 1.165) is 22.3 Å². The number of carbonyl (C=O) groups is 3. The number of aliphatic hydroxyl groups is 1. The van der Waals surface area contributed by atoms with Gasteiger partial charge in [-0.1, -0.05) is 48.5 Å². The van der Waals surface area contributed by atoms with Crippen LogP contribution in [0.15, 0.2) is 48.5 Å². The van der Waals surface area contributed by atoms with Crippen molar-refractivity contribution in [1.82, 2.24) is 10.6 Å². The van der Waals surface area contributed by atoms with Crippen LogP contribution < -0.4 is 10.6 Å². The number of amides is 2. The summed E-state index contributed by atoms with van der Waals surface area (Å²) in [4.78, 5) is 36.0. The van der Waals surface area contributed by atoms with Gasteiger partial charge >= 0.3 is 12.1 Å². The lowest BCUT2D eigenvalue weighted by Gasteiger charge is -2.19. The van der Waals surface area contributed by atoms with Crippen LogP contribution in [0.3, 0.4) is 0 Å². The Labute approximate surface area is 198 Å². The van der Waals surface area contributed by atoms with Crippen LogP contribution in [0.2, 0.25) is 0 Å². The fraction of sp³-hybridized carbons (Fsp3) is 0.400. The van der Waals surface area contributed by atoms with Crippen molar-refractivity contribution in [3.63, 3.8) is 0 Å². The summed E-state index contributed by atoms with van der Waals surface area (Å²) in [5.41, 5.74) is 4.35. The first-order chi connectivity index (χ1) is 16.5. The van der Waals surface area contributed by atoms with E-state index in [2.05, 4.69) is 10.6 Å². The second kappa shape index (κ2) is 12.7. The van der Waals surface area contributed by atoms with Crippen molar-refractivity contribution >= 4 is 18.0 Å². The topological polar surface area (TPSA) is 134 Å². The molecule has 0 bridgehead atoms. The van der Waals surface area contributed by atoms with E-state index in [4.69, 9.17) is 19.7 Å². The van der Waals surface area contributed by atoms with Crippen LogP contribution in [-0.2, 0) is 19.1 Å². The summed E-state index contributed by atoms with van der Waals surface area (Å²) in [6.07, 6.45) is -0.602. The highest BCUT2D eigenvalue weighted by Gasteiger charge is 2.29. The van der Waals surface area contributed by atoms with Crippen molar-refractivity contribution in [3.8, 4) is 11.1 Å². The van der Waals surface area contributed by atoms with Crippen molar-refractivity contribution in [2.24, 2.45) is 0 Å². The molecule has 34 heavy (non-hydrogen) atoms. The summed E-state index contributed by atoms with van der Waals surface area (Å²) in [6.45, 7) is 0.891. The molecule has 9 heteroatoms. The van der Waals surface area contributed by atoms with Crippen molar-refractivity contribution < 1.29 is 34.1 Å². The summed E-state index contributed by atoms with van der Waals surface area (Å²) in [6, 6.07) is 14.9. The summed E-state index contributed by atoms with van der Waals surface area (Å²) in [7, 11) is 0. The second-order valence-corrected chi connectivity index (χ2v) is 7.94. The fourth-order valence-corrected chi connectivity index (χ4v) is 3.99. The zero-order valence-electron chi connectivity index (χ0n) is 18.9. The molecule has 0 spiro atoms. The second-order valence-electron chi connectivity index (χ2n) is 7.94. The van der Waals surface area contributed by atoms with Gasteiger partial charge in [-0.25, -0.2) is 4.79 Å². The van der Waals surface area contributed by atoms with Gasteiger partial charge in [0, 0.05) is 25.5 Å². The first-order valence-electron chi connectivity index (χ1n) is 11.3. The molecule has 1 aliphatic rings. The fourth-order valence-electron chi connectivity index (χ4n) is 3.99. The van der Waals surface area contributed by atoms with E-state index in [0.29, 0.717) is 19.6 Å². The number of hydrogen-bond acceptors (Lipinski definition) is 6. The van der Waals surface area contributed by atoms with Gasteiger partial charge in [-0.15, -0.1) is 0 Å². The minimum atomic E-state index is -1.07. The van der Waals surface area contributed by atoms with Gasteiger partial charge in [-0.3, -0.25) is 9.59 Å². The number of benzene rings is 2. The average Bonchev–Trinajstić information content (AvgIpc) is 3.16. The molecule has 1 unspecified atom stereocenters. The Kier molecular flexibility index (Phi) is 9.42. The highest BCUT2D eigenvalue weighted by Crippen LogP contribution is 2.44. The molecule has 4 N–H and O–H groups in total. The number of alkyl carbamates (subject to hydrolysis) is 1. The molecule has 2 aromatic rings. The van der Waals surface area contributed by atoms with Gasteiger partial charge in [-0.05, 0) is 35.1 Å². The van der Waals surface area contributed by atoms with Crippen LogP contribution in [-0.4, -0.2) is 67.2 Å². The molecule has 0 saturated carbocycles. The maximum absolute atomic E-state index is 12.5. The van der Waals surface area contributed by atoms with Crippen molar-refractivity contribution in [2.75, 3.05) is 33.0 Å². The number of hydrogen-bond donors (Lipinski definition) is 4. The Morgan fingerprint density at radius 1 is 0.971 bits per heavy atom. The predicted molar refractivity (Wildman–Crippen MR) is 124 cm³/mol. The van der Waals surface area contributed by atoms with Gasteiger partial charge in [0.05, 0.1) is 13.2 Å². The summed E-state index contributed by atoms with van der Waals surface area (Å²) >= 11 is 0. The first-order valence-corrected chi connectivity index (χ1v) is 11.3. The molecule has 0 fully saturated rings. The predicted octanol–water partition coefficient (Wildman–Crippen LogP) is 2.27. The Bertz CT molecular complexity index is 949. The van der Waals surface area contributed by atoms with Gasteiger partial charge < -0.3 is 30.3 Å². The molecule has 2 aromatic carbocycles. The summed E-state index contributed by atoms with van der Waals surface area (Å²) in [5, 5.41) is 22.9. The van der Waals surface area contributed by atoms with E-state index in [9.17, 15) is 14.4 Å². The number of aliphatic hydroxyl groups excluding tert-OH is 1. The van der Waals surface area contributed by atoms with Crippen molar-refractivity contribution in [3.05, 3.63) is 59.7 Å². The molecule has 9 nitrogen and oxygen atoms in total. The van der Waals surface area contributed by atoms with E-state index in [-0.39, 0.29) is 38.6 Å². The maximum Gasteiger partial charge on any atom is 0.407 e. The monoisotopic (exact) mass is 470 g/mol. The summed E-state index contributed by atoms with van der Waals surface area (Å²) < 4.78 is 10.6. The third-order valence-corrected chi connectivity index (χ3v) is 5.60. The largest absolute Gasteiger partial charge is 0.481 e. The lowest BCUT2D eigenvalue weighted by Crippen LogP contribution is -2.47. The highest BCUT2D eigenvalue weighted by molar-refractivity contribution is 5.86. The molecule has 3 rings (SSSR count). The van der Waals surface area contributed by atoms with E-state index >= 15 is 0 Å². The molecule has 0 saturated heterocycles. The lowest BCUT2D eigenvalue weighted by atomic mass is 9.98. The lowest BCUT2D eigenvalue weighted by molar-refractivity contribution is -0.137. The molecule has 1 atom stereocenters. The molecule has 182 valence electrons. The van der Waals surface area contributed by atoms with E-state index in [1.807, 2.05) is 48.5 Å². The van der Waals surface area contributed by atoms with Crippen molar-refractivity contribution in [2.45, 2.75) is 31.2 Å². The minimum absolute atomic E-state index is 0.0631. The van der Waals surface area contributed by atoms with E-state index < -0.39 is 24.0 Å². The SMILES string of the molecule is O=C(O)CCC(NC(=O)OCC1c2ccccc2-c2ccccc21)C(=O)NCCCOCCO. The highest BCUT2D eigenvalue weighted by atomic mass is 16.5. The molecular weight excluding hydrogens is 440 g/mol. The number of fused-ring (bicyclic) bond motifs is 3. The molecule has 0 aliphatic heterocycles. The third kappa shape index (κ3) is 6.79. The van der Waals surface area contributed by atoms with Gasteiger partial charge in [-0.2, -0.15) is 0 Å². The quantitative estimate of drug-likeness (QED) is 0.330. The third-order valence-electron chi connectivity index (χ3n) is 5.60. The van der Waals surface area contributed by atoms with Crippen molar-refractivity contribution in [1.29, 1.82) is 0 Å². The number of carboxylic acids is 1. The van der Waals surface area contributed by atoms with Gasteiger partial charge in [0.1, 0.15) is 12.6 Å². The summed E-state index contributed by atoms with van der Waals surface area (Å²) in [5.74, 6) is -1.68. The number of nitrogens with one attached hydrogen (secondary N) is 2. The Hall–Kier alpha value is -3.43. The smallest absolute Gasteiger partial charge is 0.407 e. The Morgan fingerprint density at radius 3 is 2.24 bits per heavy atom. The Morgan fingerprint density at radius 2 is 1.62 bits per heavy atom. The molecule has 1 aliphatic carbocycles. The van der Waals surface area contributed by atoms with E-state index in [1.165, 1.54) is 0 Å². The van der Waals surface area contributed by atoms with Crippen LogP contribution in [0.4, 0.5) is 4.79 Å². The van der Waals surface area contributed by atoms with Crippen LogP contribution in [0.1, 0.15) is 36.3 Å². The van der Waals surface area contributed by atoms with Gasteiger partial charge in [0.15, 0.2) is 0 Å². The van der Waals surface area contributed by atoms with Crippen LogP contribution in [0.5, 0.6) is 0 Å². The van der Waals surface area contributed by atoms with Crippen LogP contribution in [0.25, 0.3) is 11.1 Å². The van der Waals surface area contributed by atoms with E-state index in [1.54, 1.807) is 0 Å². The average molecular weight is 471 g/mol. The number of ether oxygens (including phenoxy) is 2. The zero-order chi connectivity index (χ0) is 24.3. The van der Waals surface area contributed by atoms with Gasteiger partial charge in [0.2, 0.25) is 5.91 Å². The number of carboxylic acid groups (broad SMARTS) is 1. The molecule has 2 amide bonds. The first kappa shape index (κ1) is 25.2. The normalized spacial score (nSPS) is 13.0. The zero-order valence-corrected chi connectivity index (χ0v) is 18.9. The molecule has 0 radical (unpaired) electrons. The number of aliphatic carboxylic acids is 1. The maximum atomic E-state index is 12.5. The van der Waals surface area contributed by atoms with Gasteiger partial charge in [0.25, 0.3) is 0 Å². The number of carbonyl (C=O) groups excluding carboxylic acids is 2. The van der Waals surface area contributed by atoms with Crippen LogP contribution in [0, 0.1) is 0 Å². The molecule has 0 aromatic heterocycles. The Balaban J connectivity index is 1.56. The standard InChI is InChI=1S/C25H30N2O7/c28-13-15-33-14-5-12-26-24(31)22(10-11-23(29)30)27-25(32)34-16-21-19-8-3-1-6-17(19)18-7-2-4-9-20(18)21/h1-4,6-9,21-22,28H,5,10-16H2,(H,26,31)(H,27,32)(H,29,30). The molecular formula is C25H30N2O7.